The van der Waals surface area contributed by atoms with Crippen LogP contribution in [-0.2, 0) is 14.4 Å². The Hall–Kier alpha value is -0.194. The topological polar surface area (TPSA) is 98.7 Å². The number of imide groups is 1. The number of piperidine rings is 2. The van der Waals surface area contributed by atoms with Crippen molar-refractivity contribution < 1.29 is 70.9 Å². The molecule has 1 atom stereocenters. The van der Waals surface area contributed by atoms with Crippen LogP contribution in [0, 0.1) is 0 Å². The summed E-state index contributed by atoms with van der Waals surface area (Å²) in [7, 11) is 0. The molecule has 2 heterocycles. The summed E-state index contributed by atoms with van der Waals surface area (Å²) in [5.41, 5.74) is 0.235. The third-order valence-corrected chi connectivity index (χ3v) is 5.66. The SMILES string of the molecule is O=[C-]CC1(O)CCN(c2cc(Cl)c(NC3CCC(=O)NC3=O)cc2Cl)CC1.[K+]. The summed E-state index contributed by atoms with van der Waals surface area (Å²) in [6.07, 6.45) is 3.31. The van der Waals surface area contributed by atoms with E-state index in [-0.39, 0.29) is 76.0 Å². The zero-order chi connectivity index (χ0) is 19.6. The molecule has 1 aromatic rings. The summed E-state index contributed by atoms with van der Waals surface area (Å²) in [5, 5.41) is 16.5. The van der Waals surface area contributed by atoms with Crippen LogP contribution in [-0.4, -0.2) is 47.9 Å². The molecule has 2 saturated heterocycles. The maximum Gasteiger partial charge on any atom is 1.00 e. The number of carbonyl (C=O) groups is 2. The second-order valence-electron chi connectivity index (χ2n) is 6.96. The second kappa shape index (κ2) is 10.2. The molecule has 1 unspecified atom stereocenters. The molecule has 2 amide bonds. The zero-order valence-corrected chi connectivity index (χ0v) is 20.2. The van der Waals surface area contributed by atoms with Crippen molar-refractivity contribution in [2.24, 2.45) is 0 Å². The number of nitrogens with one attached hydrogen (secondary N) is 2. The minimum Gasteiger partial charge on any atom is -0.542 e. The molecule has 7 nitrogen and oxygen atoms in total. The van der Waals surface area contributed by atoms with Crippen molar-refractivity contribution >= 4 is 52.7 Å². The molecule has 3 rings (SSSR count). The van der Waals surface area contributed by atoms with Gasteiger partial charge >= 0.3 is 51.4 Å². The van der Waals surface area contributed by atoms with Crippen molar-refractivity contribution in [1.82, 2.24) is 5.32 Å². The van der Waals surface area contributed by atoms with Crippen LogP contribution in [0.3, 0.4) is 0 Å². The van der Waals surface area contributed by atoms with Crippen molar-refractivity contribution in [3.63, 3.8) is 0 Å². The van der Waals surface area contributed by atoms with Gasteiger partial charge in [0, 0.05) is 25.1 Å². The van der Waals surface area contributed by atoms with E-state index in [0.717, 1.165) is 5.69 Å². The molecule has 2 aliphatic rings. The van der Waals surface area contributed by atoms with Crippen LogP contribution >= 0.6 is 23.2 Å². The van der Waals surface area contributed by atoms with E-state index in [9.17, 15) is 19.5 Å². The normalized spacial score (nSPS) is 21.5. The van der Waals surface area contributed by atoms with Gasteiger partial charge in [-0.1, -0.05) is 23.2 Å². The van der Waals surface area contributed by atoms with Crippen molar-refractivity contribution in [3.8, 4) is 0 Å². The molecule has 0 saturated carbocycles. The molecule has 0 bridgehead atoms. The number of rotatable bonds is 5. The molecular formula is C18H20Cl2KN3O4. The summed E-state index contributed by atoms with van der Waals surface area (Å²) >= 11 is 12.8. The van der Waals surface area contributed by atoms with Crippen LogP contribution in [0.5, 0.6) is 0 Å². The molecule has 3 N–H and O–H groups in total. The monoisotopic (exact) mass is 451 g/mol. The summed E-state index contributed by atoms with van der Waals surface area (Å²) in [4.78, 5) is 35.7. The molecule has 0 spiro atoms. The summed E-state index contributed by atoms with van der Waals surface area (Å²) in [6.45, 7) is 1.07. The van der Waals surface area contributed by atoms with E-state index < -0.39 is 11.6 Å². The van der Waals surface area contributed by atoms with Crippen LogP contribution in [0.25, 0.3) is 0 Å². The fraction of sp³-hybridized carbons (Fsp3) is 0.500. The van der Waals surface area contributed by atoms with E-state index in [2.05, 4.69) is 10.6 Å². The molecule has 2 fully saturated rings. The standard InChI is InChI=1S/C18H20Cl2N3O4.K/c19-11-10-15(23-6-3-18(27,4-7-23)5-8-24)12(20)9-14(11)21-13-1-2-16(25)22-17(13)26;/h9-10,13,21,27H,1-7H2,(H,22,25,26);/q-1;+1. The maximum absolute atomic E-state index is 11.9. The molecule has 0 aliphatic carbocycles. The minimum atomic E-state index is -1.01. The molecule has 2 aliphatic heterocycles. The predicted octanol–water partition coefficient (Wildman–Crippen LogP) is -0.954. The van der Waals surface area contributed by atoms with Crippen LogP contribution in [0.15, 0.2) is 12.1 Å². The molecule has 28 heavy (non-hydrogen) atoms. The number of hydrogen-bond acceptors (Lipinski definition) is 6. The molecule has 0 radical (unpaired) electrons. The first-order valence-electron chi connectivity index (χ1n) is 8.73. The van der Waals surface area contributed by atoms with Crippen molar-refractivity contribution in [1.29, 1.82) is 0 Å². The first-order valence-corrected chi connectivity index (χ1v) is 9.48. The maximum atomic E-state index is 11.9. The van der Waals surface area contributed by atoms with E-state index >= 15 is 0 Å². The Labute approximate surface area is 215 Å². The Morgan fingerprint density at radius 2 is 1.93 bits per heavy atom. The van der Waals surface area contributed by atoms with E-state index in [0.29, 0.717) is 48.1 Å². The third kappa shape index (κ3) is 5.69. The van der Waals surface area contributed by atoms with Gasteiger partial charge in [0.05, 0.1) is 21.4 Å². The zero-order valence-electron chi connectivity index (χ0n) is 15.6. The van der Waals surface area contributed by atoms with Crippen LogP contribution < -0.4 is 66.9 Å². The van der Waals surface area contributed by atoms with E-state index in [4.69, 9.17) is 23.2 Å². The number of carbonyl (C=O) groups excluding carboxylic acids is 3. The van der Waals surface area contributed by atoms with Gasteiger partial charge in [-0.25, -0.2) is 0 Å². The molecule has 146 valence electrons. The van der Waals surface area contributed by atoms with Crippen molar-refractivity contribution in [2.75, 3.05) is 23.3 Å². The average Bonchev–Trinajstić information content (AvgIpc) is 2.61. The van der Waals surface area contributed by atoms with Crippen LogP contribution in [0.2, 0.25) is 10.0 Å². The van der Waals surface area contributed by atoms with Gasteiger partial charge in [-0.15, -0.1) is 6.42 Å². The number of benzene rings is 1. The molecule has 10 heteroatoms. The van der Waals surface area contributed by atoms with E-state index in [1.165, 1.54) is 0 Å². The summed E-state index contributed by atoms with van der Waals surface area (Å²) in [5.74, 6) is -0.667. The number of hydrogen-bond donors (Lipinski definition) is 3. The molecule has 0 aromatic heterocycles. The number of aliphatic hydroxyl groups is 1. The van der Waals surface area contributed by atoms with Gasteiger partial charge in [-0.3, -0.25) is 21.2 Å². The summed E-state index contributed by atoms with van der Waals surface area (Å²) < 4.78 is 0. The number of nitrogens with zero attached hydrogens (tertiary/aromatic N) is 1. The number of amides is 2. The van der Waals surface area contributed by atoms with Crippen molar-refractivity contribution in [3.05, 3.63) is 22.2 Å². The minimum absolute atomic E-state index is 0. The van der Waals surface area contributed by atoms with E-state index in [1.54, 1.807) is 18.4 Å². The van der Waals surface area contributed by atoms with Crippen molar-refractivity contribution in [2.45, 2.75) is 43.7 Å². The Morgan fingerprint density at radius 3 is 2.54 bits per heavy atom. The fourth-order valence-electron chi connectivity index (χ4n) is 3.38. The van der Waals surface area contributed by atoms with Crippen LogP contribution in [0.4, 0.5) is 11.4 Å². The van der Waals surface area contributed by atoms with Gasteiger partial charge in [0.1, 0.15) is 6.04 Å². The summed E-state index contributed by atoms with van der Waals surface area (Å²) in [6, 6.07) is 2.82. The molecular weight excluding hydrogens is 432 g/mol. The van der Waals surface area contributed by atoms with Gasteiger partial charge < -0.3 is 20.1 Å². The first-order chi connectivity index (χ1) is 12.8. The smallest absolute Gasteiger partial charge is 0.542 e. The Bertz CT molecular complexity index is 769. The largest absolute Gasteiger partial charge is 1.00 e. The van der Waals surface area contributed by atoms with Gasteiger partial charge in [-0.2, -0.15) is 0 Å². The van der Waals surface area contributed by atoms with Gasteiger partial charge in [0.25, 0.3) is 0 Å². The third-order valence-electron chi connectivity index (χ3n) is 5.04. The number of halogens is 2. The molecule has 1 aromatic carbocycles. The quantitative estimate of drug-likeness (QED) is 0.303. The number of anilines is 2. The Balaban J connectivity index is 0.00000280. The Morgan fingerprint density at radius 1 is 1.25 bits per heavy atom. The van der Waals surface area contributed by atoms with Crippen LogP contribution in [0.1, 0.15) is 32.1 Å². The van der Waals surface area contributed by atoms with Gasteiger partial charge in [-0.05, 0) is 31.4 Å². The van der Waals surface area contributed by atoms with Gasteiger partial charge in [0.15, 0.2) is 0 Å². The van der Waals surface area contributed by atoms with Gasteiger partial charge in [0.2, 0.25) is 11.8 Å². The Kier molecular flexibility index (Phi) is 8.78. The first kappa shape index (κ1) is 24.1. The second-order valence-corrected chi connectivity index (χ2v) is 7.78. The van der Waals surface area contributed by atoms with E-state index in [1.807, 2.05) is 4.90 Å². The average molecular weight is 452 g/mol. The fourth-order valence-corrected chi connectivity index (χ4v) is 3.88. The predicted molar refractivity (Wildman–Crippen MR) is 103 cm³/mol.